The van der Waals surface area contributed by atoms with E-state index in [1.165, 1.54) is 105 Å². The Labute approximate surface area is 523 Å². The van der Waals surface area contributed by atoms with Gasteiger partial charge in [0.2, 0.25) is 29.5 Å². The minimum absolute atomic E-state index is 0.177. The summed E-state index contributed by atoms with van der Waals surface area (Å²) in [7, 11) is 0. The van der Waals surface area contributed by atoms with Crippen LogP contribution in [0.4, 0.5) is 0 Å². The largest absolute Gasteiger partial charge is 0.394 e. The molecule has 5 amide bonds. The first-order valence-electron chi connectivity index (χ1n) is 31.1. The van der Waals surface area contributed by atoms with Gasteiger partial charge in [0.05, 0.1) is 93.8 Å². The molecule has 0 aliphatic rings. The Kier molecular flexibility index (Phi) is 49.0. The number of aliphatic hydroxyl groups is 10. The first kappa shape index (κ1) is 81.8. The molecule has 0 radical (unpaired) electrons. The fraction of sp³-hybridized carbons (Fsp3) is 0.574. The molecule has 0 spiro atoms. The van der Waals surface area contributed by atoms with Crippen LogP contribution in [0.25, 0.3) is 0 Å². The molecule has 0 heterocycles. The Hall–Kier alpha value is -6.17. The van der Waals surface area contributed by atoms with Gasteiger partial charge in [-0.3, -0.25) is 24.0 Å². The van der Waals surface area contributed by atoms with E-state index in [2.05, 4.69) is 33.5 Å². The summed E-state index contributed by atoms with van der Waals surface area (Å²) in [6.07, 6.45) is 15.4. The number of rotatable bonds is 37. The van der Waals surface area contributed by atoms with Crippen LogP contribution in [0.2, 0.25) is 0 Å². The molecule has 0 unspecified atom stereocenters. The topological polar surface area (TPSA) is 348 Å². The molecule has 88 heavy (non-hydrogen) atoms. The highest BCUT2D eigenvalue weighted by molar-refractivity contribution is 5.74. The summed E-state index contributed by atoms with van der Waals surface area (Å²) < 4.78 is 0. The maximum atomic E-state index is 11.0. The zero-order valence-corrected chi connectivity index (χ0v) is 53.1. The van der Waals surface area contributed by atoms with Crippen LogP contribution in [-0.2, 0) is 24.0 Å². The van der Waals surface area contributed by atoms with Crippen molar-refractivity contribution in [3.63, 3.8) is 0 Å². The van der Waals surface area contributed by atoms with E-state index in [9.17, 15) is 54.6 Å². The molecule has 20 nitrogen and oxygen atoms in total. The van der Waals surface area contributed by atoms with Crippen molar-refractivity contribution in [2.45, 2.75) is 218 Å². The van der Waals surface area contributed by atoms with Gasteiger partial charge in [-0.05, 0) is 54.4 Å². The molecule has 4 rings (SSSR count). The SMILES string of the molecule is CC(=O)N[C@H](CO)C[C@@H](O)c1ccccc1.CC(=O)N[C@H](CO)C[C@@H](O)c1ccccc1.CC(=O)N[C@H](CO)C[C@@H](O)c1ccccc1.CC(=O)N[C@H](CO)C[C@@H](O)c1ccccc1.CCCCCCCCCCCCCCC[C@@H](O)[C@H](CO)NC(C)=O. The zero-order chi connectivity index (χ0) is 65.9. The van der Waals surface area contributed by atoms with Gasteiger partial charge in [0.1, 0.15) is 0 Å². The minimum Gasteiger partial charge on any atom is -0.394 e. The lowest BCUT2D eigenvalue weighted by Crippen LogP contribution is -2.44. The molecule has 0 fully saturated rings. The lowest BCUT2D eigenvalue weighted by molar-refractivity contribution is -0.121. The molecule has 4 aromatic rings. The summed E-state index contributed by atoms with van der Waals surface area (Å²) in [5.74, 6) is -1.05. The molecule has 0 saturated carbocycles. The second kappa shape index (κ2) is 52.7. The van der Waals surface area contributed by atoms with Gasteiger partial charge in [-0.15, -0.1) is 0 Å². The van der Waals surface area contributed by atoms with Crippen LogP contribution in [0.15, 0.2) is 121 Å². The number of nitrogens with one attached hydrogen (secondary N) is 5. The molecule has 0 aliphatic carbocycles. The van der Waals surface area contributed by atoms with Gasteiger partial charge in [0, 0.05) is 34.6 Å². The van der Waals surface area contributed by atoms with Crippen molar-refractivity contribution in [1.29, 1.82) is 0 Å². The average molecular weight is 1240 g/mol. The van der Waals surface area contributed by atoms with Gasteiger partial charge >= 0.3 is 0 Å². The predicted octanol–water partition coefficient (Wildman–Crippen LogP) is 6.75. The molecular formula is C68H109N5O15. The highest BCUT2D eigenvalue weighted by atomic mass is 16.3. The van der Waals surface area contributed by atoms with Crippen LogP contribution in [0.5, 0.6) is 0 Å². The lowest BCUT2D eigenvalue weighted by Gasteiger charge is -2.21. The Morgan fingerprint density at radius 2 is 0.534 bits per heavy atom. The van der Waals surface area contributed by atoms with Crippen molar-refractivity contribution in [1.82, 2.24) is 26.6 Å². The van der Waals surface area contributed by atoms with E-state index in [1.807, 2.05) is 121 Å². The number of unbranched alkanes of at least 4 members (excludes halogenated alkanes) is 12. The summed E-state index contributed by atoms with van der Waals surface area (Å²) >= 11 is 0. The number of carbonyl (C=O) groups excluding carboxylic acids is 5. The minimum atomic E-state index is -0.676. The fourth-order valence-electron chi connectivity index (χ4n) is 9.29. The van der Waals surface area contributed by atoms with E-state index in [0.717, 1.165) is 35.1 Å². The highest BCUT2D eigenvalue weighted by Crippen LogP contribution is 2.21. The Bertz CT molecular complexity index is 2080. The summed E-state index contributed by atoms with van der Waals surface area (Å²) in [4.78, 5) is 54.3. The monoisotopic (exact) mass is 1240 g/mol. The Balaban J connectivity index is 0.00000109. The van der Waals surface area contributed by atoms with Crippen molar-refractivity contribution >= 4 is 29.5 Å². The molecule has 0 aromatic heterocycles. The second-order valence-corrected chi connectivity index (χ2v) is 22.1. The normalized spacial score (nSPS) is 14.0. The van der Waals surface area contributed by atoms with Crippen molar-refractivity contribution in [2.24, 2.45) is 0 Å². The molecule has 0 saturated heterocycles. The lowest BCUT2D eigenvalue weighted by atomic mass is 10.0. The maximum Gasteiger partial charge on any atom is 0.217 e. The highest BCUT2D eigenvalue weighted by Gasteiger charge is 2.21. The van der Waals surface area contributed by atoms with Gasteiger partial charge in [-0.25, -0.2) is 0 Å². The second-order valence-electron chi connectivity index (χ2n) is 22.1. The molecule has 4 aromatic carbocycles. The van der Waals surface area contributed by atoms with Crippen LogP contribution < -0.4 is 26.6 Å². The summed E-state index contributed by atoms with van der Waals surface area (Å²) in [5, 5.41) is 108. The van der Waals surface area contributed by atoms with Crippen molar-refractivity contribution in [3.05, 3.63) is 144 Å². The third-order valence-corrected chi connectivity index (χ3v) is 13.9. The third kappa shape index (κ3) is 43.5. The smallest absolute Gasteiger partial charge is 0.217 e. The molecule has 20 heteroatoms. The number of benzene rings is 4. The van der Waals surface area contributed by atoms with Crippen molar-refractivity contribution in [2.75, 3.05) is 33.0 Å². The predicted molar refractivity (Wildman–Crippen MR) is 344 cm³/mol. The van der Waals surface area contributed by atoms with E-state index in [0.29, 0.717) is 32.1 Å². The fourth-order valence-corrected chi connectivity index (χ4v) is 9.29. The summed E-state index contributed by atoms with van der Waals surface area (Å²) in [5.41, 5.74) is 3.13. The van der Waals surface area contributed by atoms with Crippen molar-refractivity contribution < 1.29 is 75.0 Å². The van der Waals surface area contributed by atoms with Gasteiger partial charge in [-0.1, -0.05) is 212 Å². The van der Waals surface area contributed by atoms with E-state index in [-0.39, 0.29) is 62.6 Å². The number of hydrogen-bond acceptors (Lipinski definition) is 15. The van der Waals surface area contributed by atoms with Crippen LogP contribution in [-0.4, -0.2) is 150 Å². The standard InChI is InChI=1S/C20H41NO3.4C12H17NO3/c1-3-4-5-6-7-8-9-10-11-12-13-14-15-16-20(24)19(17-22)21-18(2)23;4*1-9(15)13-11(8-14)7-12(16)10-5-3-2-4-6-10/h19-20,22,24H,3-17H2,1-2H3,(H,21,23);4*2-6,11-12,14,16H,7-8H2,1H3,(H,13,15)/t19-,20+;4*11-,12+/m00000/s1. The molecular weight excluding hydrogens is 1130 g/mol. The van der Waals surface area contributed by atoms with Crippen molar-refractivity contribution in [3.8, 4) is 0 Å². The molecule has 15 N–H and O–H groups in total. The van der Waals surface area contributed by atoms with Gasteiger partial charge in [0.25, 0.3) is 0 Å². The van der Waals surface area contributed by atoms with Crippen LogP contribution in [0, 0.1) is 0 Å². The third-order valence-electron chi connectivity index (χ3n) is 13.9. The maximum absolute atomic E-state index is 11.0. The summed E-state index contributed by atoms with van der Waals surface area (Å²) in [6.45, 7) is 8.29. The molecule has 0 bridgehead atoms. The van der Waals surface area contributed by atoms with Crippen LogP contribution >= 0.6 is 0 Å². The number of carbonyl (C=O) groups is 5. The quantitative estimate of drug-likeness (QED) is 0.0208. The number of amides is 5. The van der Waals surface area contributed by atoms with E-state index in [1.54, 1.807) is 0 Å². The Morgan fingerprint density at radius 3 is 0.727 bits per heavy atom. The van der Waals surface area contributed by atoms with Crippen LogP contribution in [0.3, 0.4) is 0 Å². The van der Waals surface area contributed by atoms with E-state index < -0.39 is 60.7 Å². The summed E-state index contributed by atoms with van der Waals surface area (Å²) in [6, 6.07) is 34.5. The van der Waals surface area contributed by atoms with Crippen LogP contribution in [0.1, 0.15) is 204 Å². The molecule has 0 aliphatic heterocycles. The zero-order valence-electron chi connectivity index (χ0n) is 53.1. The van der Waals surface area contributed by atoms with Gasteiger partial charge in [-0.2, -0.15) is 0 Å². The average Bonchev–Trinajstić information content (AvgIpc) is 3.61. The first-order valence-corrected chi connectivity index (χ1v) is 31.1. The number of aliphatic hydroxyl groups excluding tert-OH is 10. The number of hydrogen-bond donors (Lipinski definition) is 15. The van der Waals surface area contributed by atoms with E-state index >= 15 is 0 Å². The Morgan fingerprint density at radius 1 is 0.318 bits per heavy atom. The van der Waals surface area contributed by atoms with Gasteiger partial charge < -0.3 is 77.6 Å². The van der Waals surface area contributed by atoms with E-state index in [4.69, 9.17) is 20.4 Å². The molecule has 10 atom stereocenters. The molecule has 496 valence electrons. The first-order chi connectivity index (χ1) is 42.1. The van der Waals surface area contributed by atoms with Gasteiger partial charge in [0.15, 0.2) is 0 Å².